The van der Waals surface area contributed by atoms with Gasteiger partial charge < -0.3 is 20.4 Å². The van der Waals surface area contributed by atoms with Crippen LogP contribution in [0.15, 0.2) is 16.7 Å². The van der Waals surface area contributed by atoms with Crippen molar-refractivity contribution in [1.82, 2.24) is 10.2 Å². The Morgan fingerprint density at radius 2 is 2.32 bits per heavy atom. The maximum Gasteiger partial charge on any atom is 0.254 e. The van der Waals surface area contributed by atoms with Gasteiger partial charge in [-0.1, -0.05) is 0 Å². The molecule has 1 heterocycles. The average Bonchev–Trinajstić information content (AvgIpc) is 2.88. The van der Waals surface area contributed by atoms with E-state index in [1.165, 1.54) is 12.7 Å². The fraction of sp³-hybridized carbons (Fsp3) is 0.643. The number of carbonyl (C=O) groups is 1. The molecule has 2 unspecified atom stereocenters. The van der Waals surface area contributed by atoms with Crippen LogP contribution in [0.3, 0.4) is 0 Å². The molecule has 0 aromatic carbocycles. The molecule has 1 aliphatic carbocycles. The molecule has 5 nitrogen and oxygen atoms in total. The first kappa shape index (κ1) is 14.1. The van der Waals surface area contributed by atoms with Gasteiger partial charge in [0.15, 0.2) is 0 Å². The van der Waals surface area contributed by atoms with Gasteiger partial charge in [0.1, 0.15) is 12.0 Å². The summed E-state index contributed by atoms with van der Waals surface area (Å²) in [4.78, 5) is 14.3. The number of hydrogen-bond acceptors (Lipinski definition) is 4. The fourth-order valence-electron chi connectivity index (χ4n) is 2.64. The van der Waals surface area contributed by atoms with Gasteiger partial charge in [0.2, 0.25) is 0 Å². The van der Waals surface area contributed by atoms with Gasteiger partial charge in [0.25, 0.3) is 5.91 Å². The van der Waals surface area contributed by atoms with Crippen LogP contribution < -0.4 is 11.1 Å². The molecule has 2 atom stereocenters. The van der Waals surface area contributed by atoms with Crippen molar-refractivity contribution in [1.29, 1.82) is 0 Å². The van der Waals surface area contributed by atoms with Crippen molar-refractivity contribution < 1.29 is 9.21 Å². The molecule has 0 radical (unpaired) electrons. The predicted octanol–water partition coefficient (Wildman–Crippen LogP) is 1.34. The van der Waals surface area contributed by atoms with E-state index in [1.54, 1.807) is 6.07 Å². The highest BCUT2D eigenvalue weighted by Gasteiger charge is 2.25. The molecule has 0 saturated heterocycles. The van der Waals surface area contributed by atoms with Crippen LogP contribution in [0, 0.1) is 0 Å². The summed E-state index contributed by atoms with van der Waals surface area (Å²) < 4.78 is 5.19. The molecule has 1 saturated carbocycles. The summed E-state index contributed by atoms with van der Waals surface area (Å²) in [6.45, 7) is 0.319. The van der Waals surface area contributed by atoms with Crippen LogP contribution in [0.25, 0.3) is 0 Å². The highest BCUT2D eigenvalue weighted by Crippen LogP contribution is 2.22. The molecule has 106 valence electrons. The second-order valence-corrected chi connectivity index (χ2v) is 5.46. The number of rotatable bonds is 4. The van der Waals surface area contributed by atoms with E-state index in [0.29, 0.717) is 23.9 Å². The van der Waals surface area contributed by atoms with E-state index < -0.39 is 0 Å². The molecule has 2 rings (SSSR count). The summed E-state index contributed by atoms with van der Waals surface area (Å²) in [7, 11) is 4.19. The highest BCUT2D eigenvalue weighted by molar-refractivity contribution is 5.94. The normalized spacial score (nSPS) is 23.6. The van der Waals surface area contributed by atoms with Crippen molar-refractivity contribution in [2.24, 2.45) is 5.73 Å². The van der Waals surface area contributed by atoms with Gasteiger partial charge in [-0.3, -0.25) is 4.79 Å². The number of hydrogen-bond donors (Lipinski definition) is 2. The summed E-state index contributed by atoms with van der Waals surface area (Å²) in [6.07, 6.45) is 5.91. The lowest BCUT2D eigenvalue weighted by Gasteiger charge is -2.33. The topological polar surface area (TPSA) is 71.5 Å². The molecule has 0 bridgehead atoms. The van der Waals surface area contributed by atoms with Crippen LogP contribution in [-0.2, 0) is 6.54 Å². The molecule has 1 fully saturated rings. The lowest BCUT2D eigenvalue weighted by atomic mass is 9.90. The monoisotopic (exact) mass is 265 g/mol. The van der Waals surface area contributed by atoms with Gasteiger partial charge in [-0.15, -0.1) is 0 Å². The van der Waals surface area contributed by atoms with Gasteiger partial charge in [0.05, 0.1) is 12.1 Å². The quantitative estimate of drug-likeness (QED) is 0.862. The standard InChI is InChI=1S/C14H23N3O2/c1-17(2)12-5-3-4-11(7-12)16-14(18)10-6-13(8-15)19-9-10/h6,9,11-12H,3-5,7-8,15H2,1-2H3,(H,16,18). The molecule has 0 spiro atoms. The Morgan fingerprint density at radius 1 is 1.53 bits per heavy atom. The first-order valence-electron chi connectivity index (χ1n) is 6.85. The first-order valence-corrected chi connectivity index (χ1v) is 6.85. The van der Waals surface area contributed by atoms with Crippen molar-refractivity contribution in [2.45, 2.75) is 44.3 Å². The second-order valence-electron chi connectivity index (χ2n) is 5.46. The van der Waals surface area contributed by atoms with Crippen molar-refractivity contribution in [2.75, 3.05) is 14.1 Å². The third kappa shape index (κ3) is 3.58. The van der Waals surface area contributed by atoms with E-state index >= 15 is 0 Å². The Morgan fingerprint density at radius 3 is 2.95 bits per heavy atom. The molecule has 0 aliphatic heterocycles. The largest absolute Gasteiger partial charge is 0.467 e. The lowest BCUT2D eigenvalue weighted by Crippen LogP contribution is -2.43. The smallest absolute Gasteiger partial charge is 0.254 e. The zero-order valence-corrected chi connectivity index (χ0v) is 11.7. The SMILES string of the molecule is CN(C)C1CCCC(NC(=O)c2coc(CN)c2)C1. The van der Waals surface area contributed by atoms with E-state index in [0.717, 1.165) is 19.3 Å². The predicted molar refractivity (Wildman–Crippen MR) is 73.8 cm³/mol. The summed E-state index contributed by atoms with van der Waals surface area (Å²) in [5.41, 5.74) is 6.03. The van der Waals surface area contributed by atoms with Gasteiger partial charge in [-0.25, -0.2) is 0 Å². The minimum absolute atomic E-state index is 0.0622. The Balaban J connectivity index is 1.91. The summed E-state index contributed by atoms with van der Waals surface area (Å²) in [6, 6.07) is 2.52. The third-order valence-corrected chi connectivity index (χ3v) is 3.83. The molecule has 19 heavy (non-hydrogen) atoms. The van der Waals surface area contributed by atoms with Crippen molar-refractivity contribution >= 4 is 5.91 Å². The zero-order chi connectivity index (χ0) is 13.8. The average molecular weight is 265 g/mol. The highest BCUT2D eigenvalue weighted by atomic mass is 16.3. The zero-order valence-electron chi connectivity index (χ0n) is 11.7. The number of amides is 1. The van der Waals surface area contributed by atoms with Crippen molar-refractivity contribution in [3.05, 3.63) is 23.7 Å². The van der Waals surface area contributed by atoms with Crippen molar-refractivity contribution in [3.8, 4) is 0 Å². The summed E-state index contributed by atoms with van der Waals surface area (Å²) in [5, 5.41) is 3.09. The minimum Gasteiger partial charge on any atom is -0.467 e. The van der Waals surface area contributed by atoms with Crippen LogP contribution in [0.1, 0.15) is 41.8 Å². The number of furan rings is 1. The van der Waals surface area contributed by atoms with Gasteiger partial charge in [-0.2, -0.15) is 0 Å². The van der Waals surface area contributed by atoms with Crippen molar-refractivity contribution in [3.63, 3.8) is 0 Å². The molecule has 1 aromatic rings. The first-order chi connectivity index (χ1) is 9.10. The van der Waals surface area contributed by atoms with Crippen LogP contribution in [0.4, 0.5) is 0 Å². The van der Waals surface area contributed by atoms with Gasteiger partial charge in [0, 0.05) is 12.1 Å². The third-order valence-electron chi connectivity index (χ3n) is 3.83. The molecule has 5 heteroatoms. The molecule has 1 amide bonds. The van der Waals surface area contributed by atoms with Crippen LogP contribution >= 0.6 is 0 Å². The maximum absolute atomic E-state index is 12.1. The van der Waals surface area contributed by atoms with E-state index in [9.17, 15) is 4.79 Å². The van der Waals surface area contributed by atoms with E-state index in [2.05, 4.69) is 24.3 Å². The second kappa shape index (κ2) is 6.21. The number of nitrogens with zero attached hydrogens (tertiary/aromatic N) is 1. The number of carbonyl (C=O) groups excluding carboxylic acids is 1. The molecule has 1 aromatic heterocycles. The maximum atomic E-state index is 12.1. The number of nitrogens with two attached hydrogens (primary N) is 1. The molecule has 3 N–H and O–H groups in total. The molecular weight excluding hydrogens is 242 g/mol. The lowest BCUT2D eigenvalue weighted by molar-refractivity contribution is 0.0910. The van der Waals surface area contributed by atoms with Crippen LogP contribution in [-0.4, -0.2) is 37.0 Å². The Kier molecular flexibility index (Phi) is 4.61. The van der Waals surface area contributed by atoms with Crippen LogP contribution in [0.2, 0.25) is 0 Å². The van der Waals surface area contributed by atoms with Gasteiger partial charge >= 0.3 is 0 Å². The summed E-state index contributed by atoms with van der Waals surface area (Å²) >= 11 is 0. The molecule has 1 aliphatic rings. The van der Waals surface area contributed by atoms with E-state index in [1.807, 2.05) is 0 Å². The summed E-state index contributed by atoms with van der Waals surface area (Å²) in [5.74, 6) is 0.577. The number of nitrogens with one attached hydrogen (secondary N) is 1. The van der Waals surface area contributed by atoms with Gasteiger partial charge in [-0.05, 0) is 45.8 Å². The van der Waals surface area contributed by atoms with E-state index in [-0.39, 0.29) is 11.9 Å². The van der Waals surface area contributed by atoms with E-state index in [4.69, 9.17) is 10.2 Å². The minimum atomic E-state index is -0.0622. The Hall–Kier alpha value is -1.33. The van der Waals surface area contributed by atoms with Crippen LogP contribution in [0.5, 0.6) is 0 Å². The Bertz CT molecular complexity index is 428. The molecular formula is C14H23N3O2. The fourth-order valence-corrected chi connectivity index (χ4v) is 2.64. The Labute approximate surface area is 114 Å².